The molecule has 2 aromatic rings. The number of aromatic nitrogens is 2. The molecule has 7 heteroatoms. The Kier molecular flexibility index (Phi) is 5.42. The van der Waals surface area contributed by atoms with Gasteiger partial charge in [-0.15, -0.1) is 0 Å². The lowest BCUT2D eigenvalue weighted by atomic mass is 10.1. The van der Waals surface area contributed by atoms with Gasteiger partial charge >= 0.3 is 0 Å². The Morgan fingerprint density at radius 1 is 1.20 bits per heavy atom. The SMILES string of the molecule is CC(=O)N1CCN(c2nccc(NCCc3ccccc3F)n2)CC1. The number of anilines is 2. The molecule has 0 radical (unpaired) electrons. The number of hydrogen-bond donors (Lipinski definition) is 1. The summed E-state index contributed by atoms with van der Waals surface area (Å²) in [6.07, 6.45) is 2.30. The Morgan fingerprint density at radius 2 is 1.96 bits per heavy atom. The molecule has 1 aliphatic rings. The lowest BCUT2D eigenvalue weighted by Gasteiger charge is -2.34. The molecule has 1 N–H and O–H groups in total. The fourth-order valence-corrected chi connectivity index (χ4v) is 2.85. The van der Waals surface area contributed by atoms with Crippen molar-refractivity contribution >= 4 is 17.7 Å². The van der Waals surface area contributed by atoms with Crippen LogP contribution in [-0.2, 0) is 11.2 Å². The van der Waals surface area contributed by atoms with Gasteiger partial charge in [-0.1, -0.05) is 18.2 Å². The first-order valence-electron chi connectivity index (χ1n) is 8.44. The van der Waals surface area contributed by atoms with Crippen molar-refractivity contribution in [3.63, 3.8) is 0 Å². The van der Waals surface area contributed by atoms with Crippen molar-refractivity contribution in [2.45, 2.75) is 13.3 Å². The van der Waals surface area contributed by atoms with Crippen LogP contribution < -0.4 is 10.2 Å². The second kappa shape index (κ2) is 7.92. The summed E-state index contributed by atoms with van der Waals surface area (Å²) in [7, 11) is 0. The Balaban J connectivity index is 1.55. The molecule has 0 spiro atoms. The highest BCUT2D eigenvalue weighted by Gasteiger charge is 2.20. The maximum Gasteiger partial charge on any atom is 0.227 e. The fourth-order valence-electron chi connectivity index (χ4n) is 2.85. The zero-order chi connectivity index (χ0) is 17.6. The highest BCUT2D eigenvalue weighted by Crippen LogP contribution is 2.14. The first-order valence-corrected chi connectivity index (χ1v) is 8.44. The summed E-state index contributed by atoms with van der Waals surface area (Å²) < 4.78 is 13.6. The zero-order valence-corrected chi connectivity index (χ0v) is 14.3. The molecular weight excluding hydrogens is 321 g/mol. The summed E-state index contributed by atoms with van der Waals surface area (Å²) in [5.41, 5.74) is 0.685. The summed E-state index contributed by atoms with van der Waals surface area (Å²) in [6.45, 7) is 4.99. The number of benzene rings is 1. The highest BCUT2D eigenvalue weighted by molar-refractivity contribution is 5.73. The number of carbonyl (C=O) groups excluding carboxylic acids is 1. The molecule has 6 nitrogen and oxygen atoms in total. The van der Waals surface area contributed by atoms with Crippen LogP contribution >= 0.6 is 0 Å². The molecular formula is C18H22FN5O. The van der Waals surface area contributed by atoms with E-state index in [-0.39, 0.29) is 11.7 Å². The fraction of sp³-hybridized carbons (Fsp3) is 0.389. The van der Waals surface area contributed by atoms with Gasteiger partial charge in [0.2, 0.25) is 11.9 Å². The van der Waals surface area contributed by atoms with E-state index < -0.39 is 0 Å². The second-order valence-corrected chi connectivity index (χ2v) is 6.00. The molecule has 0 aliphatic carbocycles. The van der Waals surface area contributed by atoms with Gasteiger partial charge in [-0.2, -0.15) is 4.98 Å². The van der Waals surface area contributed by atoms with E-state index in [1.165, 1.54) is 6.07 Å². The van der Waals surface area contributed by atoms with Gasteiger partial charge in [0.15, 0.2) is 0 Å². The average molecular weight is 343 g/mol. The minimum atomic E-state index is -0.184. The maximum absolute atomic E-state index is 13.6. The molecule has 1 aliphatic heterocycles. The summed E-state index contributed by atoms with van der Waals surface area (Å²) in [4.78, 5) is 24.1. The van der Waals surface area contributed by atoms with E-state index in [1.807, 2.05) is 11.0 Å². The van der Waals surface area contributed by atoms with Crippen molar-refractivity contribution in [1.29, 1.82) is 0 Å². The molecule has 0 unspecified atom stereocenters. The highest BCUT2D eigenvalue weighted by atomic mass is 19.1. The molecule has 3 rings (SSSR count). The first kappa shape index (κ1) is 17.1. The molecule has 25 heavy (non-hydrogen) atoms. The van der Waals surface area contributed by atoms with Crippen LogP contribution in [0.4, 0.5) is 16.2 Å². The number of carbonyl (C=O) groups is 1. The third-order valence-electron chi connectivity index (χ3n) is 4.31. The van der Waals surface area contributed by atoms with E-state index in [4.69, 9.17) is 0 Å². The van der Waals surface area contributed by atoms with Gasteiger partial charge in [-0.05, 0) is 24.1 Å². The van der Waals surface area contributed by atoms with Crippen molar-refractivity contribution < 1.29 is 9.18 Å². The molecule has 1 fully saturated rings. The molecule has 0 bridgehead atoms. The summed E-state index contributed by atoms with van der Waals surface area (Å²) >= 11 is 0. The number of nitrogens with zero attached hydrogens (tertiary/aromatic N) is 4. The van der Waals surface area contributed by atoms with E-state index in [2.05, 4.69) is 20.2 Å². The number of hydrogen-bond acceptors (Lipinski definition) is 5. The quantitative estimate of drug-likeness (QED) is 0.899. The summed E-state index contributed by atoms with van der Waals surface area (Å²) in [6, 6.07) is 8.59. The molecule has 1 amide bonds. The average Bonchev–Trinajstić information content (AvgIpc) is 2.64. The monoisotopic (exact) mass is 343 g/mol. The Labute approximate surface area is 146 Å². The number of amides is 1. The smallest absolute Gasteiger partial charge is 0.227 e. The van der Waals surface area contributed by atoms with Crippen LogP contribution in [0.3, 0.4) is 0 Å². The first-order chi connectivity index (χ1) is 12.1. The van der Waals surface area contributed by atoms with Crippen LogP contribution in [0.25, 0.3) is 0 Å². The van der Waals surface area contributed by atoms with Gasteiger partial charge in [-0.3, -0.25) is 4.79 Å². The summed E-state index contributed by atoms with van der Waals surface area (Å²) in [5.74, 6) is 1.29. The van der Waals surface area contributed by atoms with Crippen molar-refractivity contribution in [1.82, 2.24) is 14.9 Å². The van der Waals surface area contributed by atoms with Gasteiger partial charge in [0.05, 0.1) is 0 Å². The second-order valence-electron chi connectivity index (χ2n) is 6.00. The van der Waals surface area contributed by atoms with Gasteiger partial charge in [0, 0.05) is 45.8 Å². The Hall–Kier alpha value is -2.70. The minimum absolute atomic E-state index is 0.101. The summed E-state index contributed by atoms with van der Waals surface area (Å²) in [5, 5.41) is 3.22. The third kappa shape index (κ3) is 4.43. The number of nitrogens with one attached hydrogen (secondary N) is 1. The molecule has 1 aromatic heterocycles. The van der Waals surface area contributed by atoms with E-state index in [9.17, 15) is 9.18 Å². The topological polar surface area (TPSA) is 61.4 Å². The Morgan fingerprint density at radius 3 is 2.68 bits per heavy atom. The molecule has 2 heterocycles. The number of rotatable bonds is 5. The lowest BCUT2D eigenvalue weighted by Crippen LogP contribution is -2.48. The normalized spacial score (nSPS) is 14.5. The van der Waals surface area contributed by atoms with Crippen LogP contribution in [0.2, 0.25) is 0 Å². The van der Waals surface area contributed by atoms with Crippen LogP contribution in [0.15, 0.2) is 36.5 Å². The van der Waals surface area contributed by atoms with E-state index in [1.54, 1.807) is 31.3 Å². The van der Waals surface area contributed by atoms with E-state index in [0.717, 1.165) is 18.9 Å². The molecule has 1 aromatic carbocycles. The molecule has 0 atom stereocenters. The minimum Gasteiger partial charge on any atom is -0.370 e. The molecule has 132 valence electrons. The predicted molar refractivity (Wildman–Crippen MR) is 95.1 cm³/mol. The lowest BCUT2D eigenvalue weighted by molar-refractivity contribution is -0.129. The number of piperazine rings is 1. The van der Waals surface area contributed by atoms with Gasteiger partial charge in [-0.25, -0.2) is 9.37 Å². The largest absolute Gasteiger partial charge is 0.370 e. The van der Waals surface area contributed by atoms with Crippen molar-refractivity contribution in [3.05, 3.63) is 47.9 Å². The van der Waals surface area contributed by atoms with Crippen LogP contribution in [0.1, 0.15) is 12.5 Å². The van der Waals surface area contributed by atoms with Gasteiger partial charge in [0.25, 0.3) is 0 Å². The van der Waals surface area contributed by atoms with Crippen LogP contribution in [-0.4, -0.2) is 53.5 Å². The third-order valence-corrected chi connectivity index (χ3v) is 4.31. The molecule has 0 saturated carbocycles. The van der Waals surface area contributed by atoms with Crippen molar-refractivity contribution in [2.24, 2.45) is 0 Å². The van der Waals surface area contributed by atoms with Gasteiger partial charge in [0.1, 0.15) is 11.6 Å². The maximum atomic E-state index is 13.6. The van der Waals surface area contributed by atoms with Crippen LogP contribution in [0, 0.1) is 5.82 Å². The van der Waals surface area contributed by atoms with E-state index >= 15 is 0 Å². The number of halogens is 1. The zero-order valence-electron chi connectivity index (χ0n) is 14.3. The van der Waals surface area contributed by atoms with Gasteiger partial charge < -0.3 is 15.1 Å². The van der Waals surface area contributed by atoms with Crippen molar-refractivity contribution in [2.75, 3.05) is 42.9 Å². The Bertz CT molecular complexity index is 731. The predicted octanol–water partition coefficient (Wildman–Crippen LogP) is 1.94. The standard InChI is InChI=1S/C18H22FN5O/c1-14(25)23-10-12-24(13-11-23)18-21-9-7-17(22-18)20-8-6-15-4-2-3-5-16(15)19/h2-5,7,9H,6,8,10-13H2,1H3,(H,20,21,22). The van der Waals surface area contributed by atoms with Crippen LogP contribution in [0.5, 0.6) is 0 Å². The van der Waals surface area contributed by atoms with E-state index in [0.29, 0.717) is 37.6 Å². The molecule has 1 saturated heterocycles. The van der Waals surface area contributed by atoms with Crippen molar-refractivity contribution in [3.8, 4) is 0 Å².